The number of carbonyl (C=O) groups excluding carboxylic acids is 1. The van der Waals surface area contributed by atoms with E-state index in [-0.39, 0.29) is 23.0 Å². The fourth-order valence-electron chi connectivity index (χ4n) is 5.76. The smallest absolute Gasteiger partial charge is 0.256 e. The molecule has 1 aliphatic carbocycles. The Bertz CT molecular complexity index is 1490. The molecule has 1 amide bonds. The van der Waals surface area contributed by atoms with Gasteiger partial charge in [0.25, 0.3) is 6.43 Å². The van der Waals surface area contributed by atoms with E-state index in [0.717, 1.165) is 25.8 Å². The van der Waals surface area contributed by atoms with Crippen LogP contribution < -0.4 is 5.32 Å². The number of fused-ring (bicyclic) bond motifs is 2. The average Bonchev–Trinajstić information content (AvgIpc) is 3.50. The Labute approximate surface area is 204 Å². The summed E-state index contributed by atoms with van der Waals surface area (Å²) in [5.74, 6) is 0.467. The van der Waals surface area contributed by atoms with Crippen LogP contribution in [-0.2, 0) is 11.3 Å². The number of alkyl halides is 2. The van der Waals surface area contributed by atoms with Crippen LogP contribution >= 0.6 is 0 Å². The summed E-state index contributed by atoms with van der Waals surface area (Å²) in [7, 11) is 0. The van der Waals surface area contributed by atoms with E-state index < -0.39 is 18.8 Å². The van der Waals surface area contributed by atoms with Gasteiger partial charge in [-0.3, -0.25) is 4.79 Å². The number of rotatable bonds is 6. The summed E-state index contributed by atoms with van der Waals surface area (Å²) in [6, 6.07) is 3.19. The fourth-order valence-corrected chi connectivity index (χ4v) is 5.76. The van der Waals surface area contributed by atoms with E-state index in [1.807, 2.05) is 4.90 Å². The number of imidazole rings is 1. The second-order valence-corrected chi connectivity index (χ2v) is 10.0. The summed E-state index contributed by atoms with van der Waals surface area (Å²) in [5, 5.41) is 4.04. The largest absolute Gasteiger partial charge is 0.351 e. The molecular weight excluding hydrogens is 471 g/mol. The van der Waals surface area contributed by atoms with E-state index in [4.69, 9.17) is 0 Å². The summed E-state index contributed by atoms with van der Waals surface area (Å²) in [4.78, 5) is 30.4. The van der Waals surface area contributed by atoms with Crippen LogP contribution in [0.2, 0.25) is 0 Å². The molecule has 1 saturated heterocycles. The van der Waals surface area contributed by atoms with Crippen LogP contribution in [0.3, 0.4) is 0 Å². The number of nitrogens with zero attached hydrogens (tertiary/aromatic N) is 5. The van der Waals surface area contributed by atoms with Gasteiger partial charge in [0.15, 0.2) is 5.82 Å². The van der Waals surface area contributed by atoms with Crippen molar-refractivity contribution in [2.75, 3.05) is 11.9 Å². The molecule has 8 nitrogen and oxygen atoms in total. The number of hydrogen-bond acceptors (Lipinski definition) is 5. The molecular formula is C25H26F3N7O. The molecule has 2 fully saturated rings. The lowest BCUT2D eigenvalue weighted by atomic mass is 9.73. The van der Waals surface area contributed by atoms with Crippen LogP contribution in [0.5, 0.6) is 0 Å². The normalized spacial score (nSPS) is 22.2. The van der Waals surface area contributed by atoms with Crippen LogP contribution in [-0.4, -0.2) is 59.9 Å². The molecule has 0 bridgehead atoms. The van der Waals surface area contributed by atoms with E-state index in [2.05, 4.69) is 32.2 Å². The van der Waals surface area contributed by atoms with Gasteiger partial charge in [0.05, 0.1) is 12.1 Å². The first-order valence-corrected chi connectivity index (χ1v) is 12.1. The lowest BCUT2D eigenvalue weighted by Crippen LogP contribution is -2.59. The molecule has 2 N–H and O–H groups in total. The number of aromatic nitrogens is 5. The van der Waals surface area contributed by atoms with E-state index >= 15 is 0 Å². The molecule has 0 radical (unpaired) electrons. The SMILES string of the molecule is Cc1nc2c(F)cc(-c3c[nH]c4nc(N[C@H]5C[C@@](C)(N6CCCC6=O)C5)ncc34)cc2n1CC(F)F. The van der Waals surface area contributed by atoms with Gasteiger partial charge in [-0.05, 0) is 50.8 Å². The second-order valence-electron chi connectivity index (χ2n) is 10.0. The number of nitrogens with one attached hydrogen (secondary N) is 2. The van der Waals surface area contributed by atoms with Gasteiger partial charge < -0.3 is 19.8 Å². The minimum atomic E-state index is -2.58. The van der Waals surface area contributed by atoms with Crippen molar-refractivity contribution < 1.29 is 18.0 Å². The summed E-state index contributed by atoms with van der Waals surface area (Å²) in [6.07, 6.45) is 4.03. The number of carbonyl (C=O) groups is 1. The molecule has 4 heterocycles. The standard InChI is InChI=1S/C25H26F3N7O/c1-13-31-22-18(26)6-14(7-19(22)34(13)12-20(27)28)16-10-29-23-17(16)11-30-24(33-23)32-15-8-25(2,9-15)35-5-3-4-21(35)36/h6-7,10-11,15,20H,3-5,8-9,12H2,1-2H3,(H2,29,30,32,33)/t15-,25+. The Morgan fingerprint density at radius 1 is 1.28 bits per heavy atom. The van der Waals surface area contributed by atoms with Crippen molar-refractivity contribution >= 4 is 33.9 Å². The van der Waals surface area contributed by atoms with Crippen molar-refractivity contribution in [2.24, 2.45) is 0 Å². The number of anilines is 1. The molecule has 0 unspecified atom stereocenters. The van der Waals surface area contributed by atoms with Crippen molar-refractivity contribution in [2.45, 2.75) is 64.1 Å². The Morgan fingerprint density at radius 3 is 2.81 bits per heavy atom. The minimum absolute atomic E-state index is 0.0719. The van der Waals surface area contributed by atoms with Gasteiger partial charge in [0.2, 0.25) is 11.9 Å². The van der Waals surface area contributed by atoms with Gasteiger partial charge >= 0.3 is 0 Å². The van der Waals surface area contributed by atoms with Gasteiger partial charge in [0.1, 0.15) is 17.0 Å². The highest BCUT2D eigenvalue weighted by Crippen LogP contribution is 2.41. The monoisotopic (exact) mass is 497 g/mol. The van der Waals surface area contributed by atoms with Crippen LogP contribution in [0.4, 0.5) is 19.1 Å². The first-order chi connectivity index (χ1) is 17.2. The maximum Gasteiger partial charge on any atom is 0.256 e. The van der Waals surface area contributed by atoms with E-state index in [0.29, 0.717) is 45.9 Å². The number of aryl methyl sites for hydroxylation is 1. The molecule has 3 aromatic heterocycles. The van der Waals surface area contributed by atoms with Gasteiger partial charge in [-0.25, -0.2) is 23.1 Å². The molecule has 2 aliphatic rings. The summed E-state index contributed by atoms with van der Waals surface area (Å²) < 4.78 is 42.4. The highest BCUT2D eigenvalue weighted by molar-refractivity contribution is 5.96. The minimum Gasteiger partial charge on any atom is -0.351 e. The number of hydrogen-bond donors (Lipinski definition) is 2. The molecule has 1 aromatic carbocycles. The third-order valence-corrected chi connectivity index (χ3v) is 7.49. The number of H-pyrrole nitrogens is 1. The summed E-state index contributed by atoms with van der Waals surface area (Å²) >= 11 is 0. The summed E-state index contributed by atoms with van der Waals surface area (Å²) in [5.41, 5.74) is 2.05. The molecule has 6 rings (SSSR count). The Morgan fingerprint density at radius 2 is 2.08 bits per heavy atom. The third-order valence-electron chi connectivity index (χ3n) is 7.49. The van der Waals surface area contributed by atoms with E-state index in [1.54, 1.807) is 25.4 Å². The molecule has 1 aliphatic heterocycles. The molecule has 0 spiro atoms. The number of halogens is 3. The predicted molar refractivity (Wildman–Crippen MR) is 129 cm³/mol. The number of aromatic amines is 1. The maximum atomic E-state index is 14.9. The van der Waals surface area contributed by atoms with E-state index in [9.17, 15) is 18.0 Å². The number of benzene rings is 1. The lowest BCUT2D eigenvalue weighted by Gasteiger charge is -2.51. The zero-order valence-corrected chi connectivity index (χ0v) is 20.0. The third kappa shape index (κ3) is 3.68. The highest BCUT2D eigenvalue weighted by Gasteiger charge is 2.48. The van der Waals surface area contributed by atoms with Gasteiger partial charge in [-0.15, -0.1) is 0 Å². The maximum absolute atomic E-state index is 14.9. The fraction of sp³-hybridized carbons (Fsp3) is 0.440. The predicted octanol–water partition coefficient (Wildman–Crippen LogP) is 4.64. The Kier molecular flexibility index (Phi) is 5.20. The van der Waals surface area contributed by atoms with Gasteiger partial charge in [-0.2, -0.15) is 4.98 Å². The van der Waals surface area contributed by atoms with Gasteiger partial charge in [0, 0.05) is 47.9 Å². The van der Waals surface area contributed by atoms with Crippen molar-refractivity contribution in [1.29, 1.82) is 0 Å². The Hall–Kier alpha value is -3.63. The van der Waals surface area contributed by atoms with Crippen LogP contribution in [0, 0.1) is 12.7 Å². The van der Waals surface area contributed by atoms with Crippen molar-refractivity contribution in [3.05, 3.63) is 36.2 Å². The Balaban J connectivity index is 1.25. The molecule has 0 atom stereocenters. The molecule has 1 saturated carbocycles. The molecule has 4 aromatic rings. The van der Waals surface area contributed by atoms with Gasteiger partial charge in [-0.1, -0.05) is 0 Å². The molecule has 11 heteroatoms. The zero-order valence-electron chi connectivity index (χ0n) is 20.0. The number of amides is 1. The van der Waals surface area contributed by atoms with Crippen LogP contribution in [0.1, 0.15) is 38.4 Å². The van der Waals surface area contributed by atoms with Crippen molar-refractivity contribution in [1.82, 2.24) is 29.4 Å². The topological polar surface area (TPSA) is 91.7 Å². The lowest BCUT2D eigenvalue weighted by molar-refractivity contribution is -0.136. The zero-order chi connectivity index (χ0) is 25.2. The van der Waals surface area contributed by atoms with E-state index in [1.165, 1.54) is 10.6 Å². The van der Waals surface area contributed by atoms with Crippen molar-refractivity contribution in [3.8, 4) is 11.1 Å². The number of likely N-dealkylation sites (tertiary alicyclic amines) is 1. The first-order valence-electron chi connectivity index (χ1n) is 12.1. The van der Waals surface area contributed by atoms with Crippen molar-refractivity contribution in [3.63, 3.8) is 0 Å². The summed E-state index contributed by atoms with van der Waals surface area (Å²) in [6.45, 7) is 3.98. The first kappa shape index (κ1) is 22.8. The molecule has 36 heavy (non-hydrogen) atoms. The quantitative estimate of drug-likeness (QED) is 0.405. The molecule has 188 valence electrons. The average molecular weight is 498 g/mol. The highest BCUT2D eigenvalue weighted by atomic mass is 19.3. The van der Waals surface area contributed by atoms with Crippen LogP contribution in [0.25, 0.3) is 33.2 Å². The van der Waals surface area contributed by atoms with Crippen LogP contribution in [0.15, 0.2) is 24.5 Å². The second kappa shape index (κ2) is 8.21.